The highest BCUT2D eigenvalue weighted by molar-refractivity contribution is 6.09. The zero-order valence-corrected chi connectivity index (χ0v) is 20.5. The van der Waals surface area contributed by atoms with Gasteiger partial charge in [0, 0.05) is 12.6 Å². The third kappa shape index (κ3) is 4.30. The fourth-order valence-corrected chi connectivity index (χ4v) is 5.02. The Bertz CT molecular complexity index is 1230. The number of nitrogens with zero attached hydrogens (tertiary/aromatic N) is 3. The van der Waals surface area contributed by atoms with Crippen molar-refractivity contribution in [3.8, 4) is 11.5 Å². The van der Waals surface area contributed by atoms with Crippen molar-refractivity contribution in [3.63, 3.8) is 0 Å². The highest BCUT2D eigenvalue weighted by Gasteiger charge is 2.55. The Hall–Kier alpha value is -3.63. The summed E-state index contributed by atoms with van der Waals surface area (Å²) in [5.74, 6) is 0.377. The summed E-state index contributed by atoms with van der Waals surface area (Å²) in [5.41, 5.74) is -0.901. The fourth-order valence-electron chi connectivity index (χ4n) is 5.02. The minimum atomic E-state index is -0.919. The normalized spacial score (nSPS) is 21.9. The largest absolute Gasteiger partial charge is 0.493 e. The van der Waals surface area contributed by atoms with E-state index in [0.29, 0.717) is 35.4 Å². The van der Waals surface area contributed by atoms with E-state index in [9.17, 15) is 19.2 Å². The molecule has 2 fully saturated rings. The number of hydrogen-bond donors (Lipinski definition) is 2. The molecule has 1 aromatic heterocycles. The summed E-state index contributed by atoms with van der Waals surface area (Å²) in [7, 11) is 2.97. The predicted molar refractivity (Wildman–Crippen MR) is 127 cm³/mol. The highest BCUT2D eigenvalue weighted by atomic mass is 16.5. The van der Waals surface area contributed by atoms with Crippen molar-refractivity contribution in [2.75, 3.05) is 27.3 Å². The number of amides is 4. The van der Waals surface area contributed by atoms with Crippen LogP contribution in [0.4, 0.5) is 4.79 Å². The van der Waals surface area contributed by atoms with Gasteiger partial charge in [-0.1, -0.05) is 19.8 Å². The summed E-state index contributed by atoms with van der Waals surface area (Å²) in [6.07, 6.45) is 3.31. The lowest BCUT2D eigenvalue weighted by Gasteiger charge is -2.36. The Morgan fingerprint density at radius 2 is 1.91 bits per heavy atom. The quantitative estimate of drug-likeness (QED) is 0.571. The fraction of sp³-hybridized carbons (Fsp3) is 0.542. The van der Waals surface area contributed by atoms with Crippen LogP contribution in [0.15, 0.2) is 16.9 Å². The summed E-state index contributed by atoms with van der Waals surface area (Å²) in [4.78, 5) is 61.3. The molecule has 1 spiro atoms. The van der Waals surface area contributed by atoms with E-state index in [2.05, 4.69) is 15.3 Å². The third-order valence-corrected chi connectivity index (χ3v) is 7.13. The molecule has 1 aliphatic carbocycles. The number of rotatable bonds is 7. The van der Waals surface area contributed by atoms with Crippen molar-refractivity contribution in [1.29, 1.82) is 0 Å². The Morgan fingerprint density at radius 3 is 2.57 bits per heavy atom. The van der Waals surface area contributed by atoms with Crippen LogP contribution < -0.4 is 20.3 Å². The van der Waals surface area contributed by atoms with Gasteiger partial charge in [0.2, 0.25) is 5.91 Å². The maximum absolute atomic E-state index is 13.2. The number of aromatic amines is 1. The molecule has 2 aliphatic rings. The molecule has 11 heteroatoms. The molecule has 1 aliphatic heterocycles. The molecule has 1 saturated carbocycles. The standard InChI is InChI=1S/C24H31N5O6/c1-5-28(12-19-25-16-11-18(35-4)17(34-3)10-15(16)21(31)26-19)20(30)13-29-22(32)24(27-23(29)33)9-7-6-8-14(24)2/h10-11,14H,5-9,12-13H2,1-4H3,(H,27,33)(H,25,26,31)/t14-,24-/m1/s1. The number of ether oxygens (including phenoxy) is 2. The monoisotopic (exact) mass is 485 g/mol. The van der Waals surface area contributed by atoms with Crippen molar-refractivity contribution < 1.29 is 23.9 Å². The van der Waals surface area contributed by atoms with Crippen LogP contribution in [0.3, 0.4) is 0 Å². The topological polar surface area (TPSA) is 134 Å². The second kappa shape index (κ2) is 9.55. The molecule has 35 heavy (non-hydrogen) atoms. The number of urea groups is 1. The molecule has 188 valence electrons. The van der Waals surface area contributed by atoms with Crippen LogP contribution >= 0.6 is 0 Å². The Labute approximate surface area is 202 Å². The summed E-state index contributed by atoms with van der Waals surface area (Å²) in [5, 5.41) is 3.19. The average Bonchev–Trinajstić information content (AvgIpc) is 3.08. The molecular formula is C24H31N5O6. The van der Waals surface area contributed by atoms with Crippen LogP contribution in [0.25, 0.3) is 10.9 Å². The first-order valence-electron chi connectivity index (χ1n) is 11.8. The van der Waals surface area contributed by atoms with E-state index in [-0.39, 0.29) is 36.3 Å². The van der Waals surface area contributed by atoms with Gasteiger partial charge in [0.15, 0.2) is 11.5 Å². The summed E-state index contributed by atoms with van der Waals surface area (Å²) in [6, 6.07) is 2.61. The number of H-pyrrole nitrogens is 1. The van der Waals surface area contributed by atoms with Crippen LogP contribution in [0.5, 0.6) is 11.5 Å². The van der Waals surface area contributed by atoms with Gasteiger partial charge >= 0.3 is 6.03 Å². The second-order valence-corrected chi connectivity index (χ2v) is 9.08. The number of nitrogens with one attached hydrogen (secondary N) is 2. The Morgan fingerprint density at radius 1 is 1.20 bits per heavy atom. The molecule has 2 N–H and O–H groups in total. The number of carbonyl (C=O) groups excluding carboxylic acids is 3. The van der Waals surface area contributed by atoms with Crippen molar-refractivity contribution in [3.05, 3.63) is 28.3 Å². The van der Waals surface area contributed by atoms with Crippen molar-refractivity contribution in [1.82, 2.24) is 25.1 Å². The number of fused-ring (bicyclic) bond motifs is 1. The molecule has 0 bridgehead atoms. The Balaban J connectivity index is 1.53. The maximum atomic E-state index is 13.2. The molecule has 2 aromatic rings. The zero-order chi connectivity index (χ0) is 25.3. The number of imide groups is 1. The first kappa shape index (κ1) is 24.5. The lowest BCUT2D eigenvalue weighted by molar-refractivity contribution is -0.140. The van der Waals surface area contributed by atoms with E-state index in [1.54, 1.807) is 19.1 Å². The summed E-state index contributed by atoms with van der Waals surface area (Å²) in [6.45, 7) is 3.70. The van der Waals surface area contributed by atoms with E-state index in [1.807, 2.05) is 6.92 Å². The second-order valence-electron chi connectivity index (χ2n) is 9.08. The number of carbonyl (C=O) groups is 3. The van der Waals surface area contributed by atoms with Gasteiger partial charge in [-0.15, -0.1) is 0 Å². The first-order chi connectivity index (χ1) is 16.7. The molecule has 1 saturated heterocycles. The van der Waals surface area contributed by atoms with Crippen LogP contribution in [-0.4, -0.2) is 70.5 Å². The van der Waals surface area contributed by atoms with Crippen molar-refractivity contribution in [2.45, 2.75) is 51.6 Å². The minimum absolute atomic E-state index is 0.0116. The molecule has 0 radical (unpaired) electrons. The van der Waals surface area contributed by atoms with Crippen molar-refractivity contribution >= 4 is 28.7 Å². The minimum Gasteiger partial charge on any atom is -0.493 e. The van der Waals surface area contributed by atoms with E-state index >= 15 is 0 Å². The Kier molecular flexibility index (Phi) is 6.68. The molecule has 1 aromatic carbocycles. The van der Waals surface area contributed by atoms with Gasteiger partial charge in [-0.2, -0.15) is 0 Å². The zero-order valence-electron chi connectivity index (χ0n) is 20.5. The van der Waals surface area contributed by atoms with Gasteiger partial charge < -0.3 is 24.7 Å². The summed E-state index contributed by atoms with van der Waals surface area (Å²) >= 11 is 0. The third-order valence-electron chi connectivity index (χ3n) is 7.13. The molecule has 2 heterocycles. The lowest BCUT2D eigenvalue weighted by Crippen LogP contribution is -2.54. The van der Waals surface area contributed by atoms with E-state index in [1.165, 1.54) is 19.1 Å². The van der Waals surface area contributed by atoms with E-state index in [4.69, 9.17) is 9.47 Å². The number of aromatic nitrogens is 2. The first-order valence-corrected chi connectivity index (χ1v) is 11.8. The molecule has 11 nitrogen and oxygen atoms in total. The summed E-state index contributed by atoms with van der Waals surface area (Å²) < 4.78 is 10.5. The number of benzene rings is 1. The smallest absolute Gasteiger partial charge is 0.325 e. The number of likely N-dealkylation sites (N-methyl/N-ethyl adjacent to an activating group) is 1. The molecule has 4 amide bonds. The van der Waals surface area contributed by atoms with Crippen LogP contribution in [-0.2, 0) is 16.1 Å². The van der Waals surface area contributed by atoms with E-state index < -0.39 is 17.5 Å². The van der Waals surface area contributed by atoms with Crippen LogP contribution in [0.1, 0.15) is 45.4 Å². The van der Waals surface area contributed by atoms with Gasteiger partial charge in [0.05, 0.1) is 31.7 Å². The number of hydrogen-bond acceptors (Lipinski definition) is 7. The number of methoxy groups -OCH3 is 2. The SMILES string of the molecule is CCN(Cc1nc2cc(OC)c(OC)cc2c(=O)[nH]1)C(=O)CN1C(=O)N[C@@]2(CCCC[C@H]2C)C1=O. The molecule has 2 atom stereocenters. The predicted octanol–water partition coefficient (Wildman–Crippen LogP) is 1.79. The van der Waals surface area contributed by atoms with Gasteiger partial charge in [-0.3, -0.25) is 19.3 Å². The van der Waals surface area contributed by atoms with Gasteiger partial charge in [0.25, 0.3) is 11.5 Å². The van der Waals surface area contributed by atoms with E-state index in [0.717, 1.165) is 24.2 Å². The lowest BCUT2D eigenvalue weighted by atomic mass is 9.73. The van der Waals surface area contributed by atoms with Crippen molar-refractivity contribution in [2.24, 2.45) is 5.92 Å². The maximum Gasteiger partial charge on any atom is 0.325 e. The highest BCUT2D eigenvalue weighted by Crippen LogP contribution is 2.38. The van der Waals surface area contributed by atoms with Gasteiger partial charge in [-0.25, -0.2) is 9.78 Å². The van der Waals surface area contributed by atoms with Gasteiger partial charge in [-0.05, 0) is 31.7 Å². The molecular weight excluding hydrogens is 454 g/mol. The van der Waals surface area contributed by atoms with Gasteiger partial charge in [0.1, 0.15) is 17.9 Å². The average molecular weight is 486 g/mol. The van der Waals surface area contributed by atoms with Crippen LogP contribution in [0.2, 0.25) is 0 Å². The molecule has 4 rings (SSSR count). The molecule has 0 unspecified atom stereocenters. The van der Waals surface area contributed by atoms with Crippen LogP contribution in [0, 0.1) is 5.92 Å².